The highest BCUT2D eigenvalue weighted by molar-refractivity contribution is 4.93. The molecule has 2 atom stereocenters. The second kappa shape index (κ2) is 3.87. The van der Waals surface area contributed by atoms with Crippen LogP contribution >= 0.6 is 0 Å². The number of alkyl halides is 8. The predicted octanol–water partition coefficient (Wildman–Crippen LogP) is 2.15. The second-order valence-electron chi connectivity index (χ2n) is 2.32. The molecule has 0 aliphatic carbocycles. The van der Waals surface area contributed by atoms with Gasteiger partial charge in [0, 0.05) is 0 Å². The smallest absolute Gasteiger partial charge is 0.362 e. The van der Waals surface area contributed by atoms with Crippen molar-refractivity contribution >= 4 is 0 Å². The fourth-order valence-electron chi connectivity index (χ4n) is 0.502. The summed E-state index contributed by atoms with van der Waals surface area (Å²) in [6.07, 6.45) is -13.2. The summed E-state index contributed by atoms with van der Waals surface area (Å²) in [4.78, 5) is 0. The highest BCUT2D eigenvalue weighted by atomic mass is 19.3. The van der Waals surface area contributed by atoms with Gasteiger partial charge < -0.3 is 5.11 Å². The molecule has 0 aliphatic heterocycles. The molecule has 0 amide bonds. The van der Waals surface area contributed by atoms with Crippen molar-refractivity contribution in [2.75, 3.05) is 0 Å². The van der Waals surface area contributed by atoms with Crippen LogP contribution < -0.4 is 0 Å². The summed E-state index contributed by atoms with van der Waals surface area (Å²) in [5, 5.41) is 7.60. The van der Waals surface area contributed by atoms with E-state index in [1.807, 2.05) is 0 Å². The van der Waals surface area contributed by atoms with Gasteiger partial charge in [-0.3, -0.25) is 0 Å². The summed E-state index contributed by atoms with van der Waals surface area (Å²) in [5.41, 5.74) is 0. The maximum Gasteiger partial charge on any atom is 0.372 e. The number of hydrogen-bond donors (Lipinski definition) is 1. The van der Waals surface area contributed by atoms with Crippen LogP contribution in [0.1, 0.15) is 0 Å². The summed E-state index contributed by atoms with van der Waals surface area (Å²) < 4.78 is 94.2. The van der Waals surface area contributed by atoms with E-state index >= 15 is 0 Å². The lowest BCUT2D eigenvalue weighted by atomic mass is 10.1. The highest BCUT2D eigenvalue weighted by Crippen LogP contribution is 2.43. The fourth-order valence-corrected chi connectivity index (χ4v) is 0.502. The van der Waals surface area contributed by atoms with Gasteiger partial charge in [-0.15, -0.1) is 0 Å². The monoisotopic (exact) mass is 232 g/mol. The van der Waals surface area contributed by atoms with Gasteiger partial charge in [-0.2, -0.15) is 17.6 Å². The molecule has 0 radical (unpaired) electrons. The Hall–Kier alpha value is -0.600. The summed E-state index contributed by atoms with van der Waals surface area (Å²) in [7, 11) is 0. The zero-order chi connectivity index (χ0) is 11.7. The largest absolute Gasteiger partial charge is 0.372 e. The van der Waals surface area contributed by atoms with Gasteiger partial charge in [-0.25, -0.2) is 17.6 Å². The van der Waals surface area contributed by atoms with Crippen molar-refractivity contribution in [3.63, 3.8) is 0 Å². The number of aliphatic hydroxyl groups is 1. The standard InChI is InChI=1S/C5H4F8O/c6-1(2(7)14)4(10,11)5(12,13)3(8)9/h1-3,14H. The first-order valence-electron chi connectivity index (χ1n) is 3.05. The zero-order valence-corrected chi connectivity index (χ0v) is 6.20. The average molecular weight is 232 g/mol. The Morgan fingerprint density at radius 2 is 1.14 bits per heavy atom. The van der Waals surface area contributed by atoms with E-state index in [0.29, 0.717) is 0 Å². The maximum atomic E-state index is 12.1. The molecular weight excluding hydrogens is 228 g/mol. The molecule has 0 heterocycles. The van der Waals surface area contributed by atoms with E-state index in [0.717, 1.165) is 0 Å². The fraction of sp³-hybridized carbons (Fsp3) is 1.00. The quantitative estimate of drug-likeness (QED) is 0.736. The average Bonchev–Trinajstić information content (AvgIpc) is 2.01. The molecule has 9 heteroatoms. The topological polar surface area (TPSA) is 20.2 Å². The van der Waals surface area contributed by atoms with Crippen LogP contribution in [-0.4, -0.2) is 35.9 Å². The Labute approximate surface area is 72.3 Å². The summed E-state index contributed by atoms with van der Waals surface area (Å²) in [6.45, 7) is 0. The van der Waals surface area contributed by atoms with Crippen LogP contribution in [-0.2, 0) is 0 Å². The molecule has 0 aromatic carbocycles. The lowest BCUT2D eigenvalue weighted by Crippen LogP contribution is -2.55. The molecular formula is C5H4F8O. The summed E-state index contributed by atoms with van der Waals surface area (Å²) in [6, 6.07) is 0. The Bertz CT molecular complexity index is 190. The molecule has 2 unspecified atom stereocenters. The van der Waals surface area contributed by atoms with E-state index in [9.17, 15) is 35.1 Å². The number of hydrogen-bond acceptors (Lipinski definition) is 1. The minimum Gasteiger partial charge on any atom is -0.362 e. The van der Waals surface area contributed by atoms with Gasteiger partial charge in [-0.1, -0.05) is 0 Å². The van der Waals surface area contributed by atoms with E-state index in [2.05, 4.69) is 0 Å². The van der Waals surface area contributed by atoms with E-state index in [4.69, 9.17) is 5.11 Å². The van der Waals surface area contributed by atoms with Crippen molar-refractivity contribution in [2.45, 2.75) is 30.8 Å². The van der Waals surface area contributed by atoms with Crippen molar-refractivity contribution < 1.29 is 40.2 Å². The van der Waals surface area contributed by atoms with Crippen molar-refractivity contribution in [3.05, 3.63) is 0 Å². The lowest BCUT2D eigenvalue weighted by molar-refractivity contribution is -0.302. The van der Waals surface area contributed by atoms with Gasteiger partial charge in [0.1, 0.15) is 0 Å². The zero-order valence-electron chi connectivity index (χ0n) is 6.20. The minimum atomic E-state index is -6.04. The number of halogens is 8. The molecule has 0 saturated carbocycles. The van der Waals surface area contributed by atoms with Crippen LogP contribution in [0, 0.1) is 0 Å². The minimum absolute atomic E-state index is 3.96. The van der Waals surface area contributed by atoms with Gasteiger partial charge >= 0.3 is 18.3 Å². The van der Waals surface area contributed by atoms with Crippen LogP contribution in [0.5, 0.6) is 0 Å². The third-order valence-corrected chi connectivity index (χ3v) is 1.31. The van der Waals surface area contributed by atoms with Crippen molar-refractivity contribution in [1.82, 2.24) is 0 Å². The van der Waals surface area contributed by atoms with E-state index < -0.39 is 30.8 Å². The Morgan fingerprint density at radius 3 is 1.36 bits per heavy atom. The Kier molecular flexibility index (Phi) is 3.71. The lowest BCUT2D eigenvalue weighted by Gasteiger charge is -2.28. The molecule has 0 aromatic rings. The van der Waals surface area contributed by atoms with Gasteiger partial charge in [0.2, 0.25) is 12.5 Å². The summed E-state index contributed by atoms with van der Waals surface area (Å²) >= 11 is 0. The van der Waals surface area contributed by atoms with Crippen molar-refractivity contribution in [2.24, 2.45) is 0 Å². The Morgan fingerprint density at radius 1 is 0.786 bits per heavy atom. The number of aliphatic hydroxyl groups excluding tert-OH is 1. The van der Waals surface area contributed by atoms with Crippen LogP contribution in [0.2, 0.25) is 0 Å². The van der Waals surface area contributed by atoms with Gasteiger partial charge in [0.25, 0.3) is 0 Å². The molecule has 0 saturated heterocycles. The third-order valence-electron chi connectivity index (χ3n) is 1.31. The third kappa shape index (κ3) is 2.07. The number of rotatable bonds is 4. The molecule has 0 bridgehead atoms. The van der Waals surface area contributed by atoms with Gasteiger partial charge in [-0.05, 0) is 0 Å². The van der Waals surface area contributed by atoms with E-state index in [1.165, 1.54) is 0 Å². The van der Waals surface area contributed by atoms with Crippen LogP contribution in [0.4, 0.5) is 35.1 Å². The first-order valence-corrected chi connectivity index (χ1v) is 3.05. The molecule has 0 aromatic heterocycles. The van der Waals surface area contributed by atoms with Crippen molar-refractivity contribution in [1.29, 1.82) is 0 Å². The molecule has 86 valence electrons. The van der Waals surface area contributed by atoms with Crippen LogP contribution in [0.3, 0.4) is 0 Å². The SMILES string of the molecule is OC(F)C(F)C(F)(F)C(F)(F)C(F)F. The maximum absolute atomic E-state index is 12.1. The molecule has 0 fully saturated rings. The summed E-state index contributed by atoms with van der Waals surface area (Å²) in [5.74, 6) is -12.0. The first kappa shape index (κ1) is 13.4. The van der Waals surface area contributed by atoms with Gasteiger partial charge in [0.05, 0.1) is 0 Å². The second-order valence-corrected chi connectivity index (χ2v) is 2.32. The van der Waals surface area contributed by atoms with E-state index in [-0.39, 0.29) is 0 Å². The van der Waals surface area contributed by atoms with Crippen LogP contribution in [0.25, 0.3) is 0 Å². The Balaban J connectivity index is 4.93. The molecule has 1 nitrogen and oxygen atoms in total. The van der Waals surface area contributed by atoms with Crippen molar-refractivity contribution in [3.8, 4) is 0 Å². The first-order chi connectivity index (χ1) is 6.05. The molecule has 0 aliphatic rings. The predicted molar refractivity (Wildman–Crippen MR) is 27.9 cm³/mol. The van der Waals surface area contributed by atoms with E-state index in [1.54, 1.807) is 0 Å². The molecule has 14 heavy (non-hydrogen) atoms. The highest BCUT2D eigenvalue weighted by Gasteiger charge is 2.69. The molecule has 1 N–H and O–H groups in total. The van der Waals surface area contributed by atoms with Gasteiger partial charge in [0.15, 0.2) is 0 Å². The molecule has 0 rings (SSSR count). The normalized spacial score (nSPS) is 18.4. The molecule has 0 spiro atoms. The van der Waals surface area contributed by atoms with Crippen LogP contribution in [0.15, 0.2) is 0 Å².